The average molecular weight is 363 g/mol. The SMILES string of the molecule is Cl.Cl.NCC1CCCCC1NC(=O)CNC(=O)c1ccccn1. The number of carbonyl (C=O) groups excluding carboxylic acids is 2. The van der Waals surface area contributed by atoms with Gasteiger partial charge in [0.2, 0.25) is 5.91 Å². The molecule has 6 nitrogen and oxygen atoms in total. The van der Waals surface area contributed by atoms with Crippen LogP contribution in [-0.4, -0.2) is 35.9 Å². The molecule has 2 rings (SSSR count). The van der Waals surface area contributed by atoms with Gasteiger partial charge in [0.1, 0.15) is 5.69 Å². The second kappa shape index (κ2) is 11.2. The van der Waals surface area contributed by atoms with Crippen molar-refractivity contribution in [3.05, 3.63) is 30.1 Å². The minimum absolute atomic E-state index is 0. The molecular formula is C15H24Cl2N4O2. The molecule has 2 unspecified atom stereocenters. The van der Waals surface area contributed by atoms with Gasteiger partial charge in [-0.2, -0.15) is 0 Å². The Balaban J connectivity index is 0.00000242. The Kier molecular flexibility index (Phi) is 10.5. The lowest BCUT2D eigenvalue weighted by atomic mass is 9.84. The van der Waals surface area contributed by atoms with E-state index in [2.05, 4.69) is 15.6 Å². The molecule has 1 aromatic heterocycles. The molecule has 0 bridgehead atoms. The van der Waals surface area contributed by atoms with Gasteiger partial charge in [-0.3, -0.25) is 14.6 Å². The van der Waals surface area contributed by atoms with E-state index in [-0.39, 0.29) is 49.2 Å². The topological polar surface area (TPSA) is 97.1 Å². The van der Waals surface area contributed by atoms with Crippen LogP contribution in [0.1, 0.15) is 36.2 Å². The Labute approximate surface area is 148 Å². The Hall–Kier alpha value is -1.37. The maximum atomic E-state index is 11.9. The van der Waals surface area contributed by atoms with E-state index in [4.69, 9.17) is 5.73 Å². The second-order valence-electron chi connectivity index (χ2n) is 5.35. The highest BCUT2D eigenvalue weighted by Crippen LogP contribution is 2.23. The van der Waals surface area contributed by atoms with Gasteiger partial charge in [0, 0.05) is 12.2 Å². The molecule has 0 aliphatic heterocycles. The molecule has 0 saturated heterocycles. The average Bonchev–Trinajstić information content (AvgIpc) is 2.54. The van der Waals surface area contributed by atoms with Crippen LogP contribution in [0.2, 0.25) is 0 Å². The number of hydrogen-bond donors (Lipinski definition) is 3. The Bertz CT molecular complexity index is 488. The van der Waals surface area contributed by atoms with Crippen molar-refractivity contribution in [2.24, 2.45) is 11.7 Å². The van der Waals surface area contributed by atoms with E-state index in [0.717, 1.165) is 19.3 Å². The van der Waals surface area contributed by atoms with Crippen LogP contribution in [0, 0.1) is 5.92 Å². The highest BCUT2D eigenvalue weighted by molar-refractivity contribution is 5.94. The number of halogens is 2. The maximum absolute atomic E-state index is 11.9. The first-order chi connectivity index (χ1) is 10.2. The lowest BCUT2D eigenvalue weighted by Gasteiger charge is -2.31. The molecule has 2 amide bonds. The summed E-state index contributed by atoms with van der Waals surface area (Å²) >= 11 is 0. The van der Waals surface area contributed by atoms with Crippen LogP contribution in [0.5, 0.6) is 0 Å². The van der Waals surface area contributed by atoms with Gasteiger partial charge in [0.25, 0.3) is 5.91 Å². The fourth-order valence-electron chi connectivity index (χ4n) is 2.69. The summed E-state index contributed by atoms with van der Waals surface area (Å²) in [6.07, 6.45) is 5.85. The van der Waals surface area contributed by atoms with Crippen molar-refractivity contribution >= 4 is 36.6 Å². The zero-order valence-corrected chi connectivity index (χ0v) is 14.5. The number of carbonyl (C=O) groups is 2. The number of pyridine rings is 1. The largest absolute Gasteiger partial charge is 0.352 e. The number of nitrogens with two attached hydrogens (primary N) is 1. The summed E-state index contributed by atoms with van der Waals surface area (Å²) in [5.74, 6) is -0.177. The fraction of sp³-hybridized carbons (Fsp3) is 0.533. The molecule has 0 radical (unpaired) electrons. The molecule has 0 spiro atoms. The summed E-state index contributed by atoms with van der Waals surface area (Å²) in [6.45, 7) is 0.550. The van der Waals surface area contributed by atoms with Crippen LogP contribution in [-0.2, 0) is 4.79 Å². The lowest BCUT2D eigenvalue weighted by molar-refractivity contribution is -0.121. The van der Waals surface area contributed by atoms with Crippen LogP contribution in [0.4, 0.5) is 0 Å². The summed E-state index contributed by atoms with van der Waals surface area (Å²) in [7, 11) is 0. The molecule has 1 aromatic rings. The van der Waals surface area contributed by atoms with Crippen molar-refractivity contribution in [2.75, 3.05) is 13.1 Å². The Morgan fingerprint density at radius 1 is 1.22 bits per heavy atom. The molecular weight excluding hydrogens is 339 g/mol. The number of amides is 2. The highest BCUT2D eigenvalue weighted by Gasteiger charge is 2.25. The Morgan fingerprint density at radius 2 is 1.96 bits per heavy atom. The quantitative estimate of drug-likeness (QED) is 0.734. The third-order valence-corrected chi connectivity index (χ3v) is 3.87. The van der Waals surface area contributed by atoms with E-state index < -0.39 is 0 Å². The summed E-state index contributed by atoms with van der Waals surface area (Å²) in [5.41, 5.74) is 6.05. The van der Waals surface area contributed by atoms with Gasteiger partial charge in [-0.1, -0.05) is 18.9 Å². The lowest BCUT2D eigenvalue weighted by Crippen LogP contribution is -2.48. The molecule has 1 aliphatic rings. The van der Waals surface area contributed by atoms with Crippen LogP contribution in [0.3, 0.4) is 0 Å². The van der Waals surface area contributed by atoms with Crippen LogP contribution < -0.4 is 16.4 Å². The van der Waals surface area contributed by atoms with E-state index in [1.807, 2.05) is 0 Å². The first kappa shape index (κ1) is 21.6. The number of hydrogen-bond acceptors (Lipinski definition) is 4. The van der Waals surface area contributed by atoms with Crippen molar-refractivity contribution in [3.8, 4) is 0 Å². The number of aromatic nitrogens is 1. The maximum Gasteiger partial charge on any atom is 0.270 e. The Morgan fingerprint density at radius 3 is 2.61 bits per heavy atom. The zero-order chi connectivity index (χ0) is 15.1. The van der Waals surface area contributed by atoms with Crippen molar-refractivity contribution in [3.63, 3.8) is 0 Å². The van der Waals surface area contributed by atoms with E-state index in [9.17, 15) is 9.59 Å². The predicted molar refractivity (Wildman–Crippen MR) is 94.0 cm³/mol. The molecule has 0 aromatic carbocycles. The summed E-state index contributed by atoms with van der Waals surface area (Å²) < 4.78 is 0. The van der Waals surface area contributed by atoms with Crippen LogP contribution in [0.25, 0.3) is 0 Å². The van der Waals surface area contributed by atoms with Crippen molar-refractivity contribution in [2.45, 2.75) is 31.7 Å². The van der Waals surface area contributed by atoms with Crippen molar-refractivity contribution < 1.29 is 9.59 Å². The van der Waals surface area contributed by atoms with Crippen LogP contribution >= 0.6 is 24.8 Å². The van der Waals surface area contributed by atoms with E-state index in [1.165, 1.54) is 6.42 Å². The molecule has 4 N–H and O–H groups in total. The minimum Gasteiger partial charge on any atom is -0.352 e. The smallest absolute Gasteiger partial charge is 0.270 e. The van der Waals surface area contributed by atoms with E-state index >= 15 is 0 Å². The van der Waals surface area contributed by atoms with Gasteiger partial charge in [-0.05, 0) is 37.4 Å². The zero-order valence-electron chi connectivity index (χ0n) is 12.9. The number of nitrogens with one attached hydrogen (secondary N) is 2. The van der Waals surface area contributed by atoms with Gasteiger partial charge in [-0.25, -0.2) is 0 Å². The summed E-state index contributed by atoms with van der Waals surface area (Å²) in [5, 5.41) is 5.55. The first-order valence-corrected chi connectivity index (χ1v) is 7.39. The first-order valence-electron chi connectivity index (χ1n) is 7.39. The summed E-state index contributed by atoms with van der Waals surface area (Å²) in [6, 6.07) is 5.21. The number of nitrogens with zero attached hydrogens (tertiary/aromatic N) is 1. The normalized spacial score (nSPS) is 19.7. The van der Waals surface area contributed by atoms with E-state index in [0.29, 0.717) is 18.2 Å². The standard InChI is InChI=1S/C15H22N4O2.2ClH/c16-9-11-5-1-2-6-12(11)19-14(20)10-18-15(21)13-7-3-4-8-17-13;;/h3-4,7-8,11-12H,1-2,5-6,9-10,16H2,(H,18,21)(H,19,20);2*1H. The van der Waals surface area contributed by atoms with Crippen molar-refractivity contribution in [1.82, 2.24) is 15.6 Å². The van der Waals surface area contributed by atoms with Crippen molar-refractivity contribution in [1.29, 1.82) is 0 Å². The third kappa shape index (κ3) is 6.72. The number of rotatable bonds is 5. The minimum atomic E-state index is -0.343. The highest BCUT2D eigenvalue weighted by atomic mass is 35.5. The summed E-state index contributed by atoms with van der Waals surface area (Å²) in [4.78, 5) is 27.6. The molecule has 1 saturated carbocycles. The van der Waals surface area contributed by atoms with Gasteiger partial charge >= 0.3 is 0 Å². The van der Waals surface area contributed by atoms with Gasteiger partial charge < -0.3 is 16.4 Å². The molecule has 1 fully saturated rings. The molecule has 130 valence electrons. The monoisotopic (exact) mass is 362 g/mol. The van der Waals surface area contributed by atoms with Gasteiger partial charge in [-0.15, -0.1) is 24.8 Å². The molecule has 2 atom stereocenters. The fourth-order valence-corrected chi connectivity index (χ4v) is 2.69. The molecule has 23 heavy (non-hydrogen) atoms. The predicted octanol–water partition coefficient (Wildman–Crippen LogP) is 1.29. The second-order valence-corrected chi connectivity index (χ2v) is 5.35. The molecule has 8 heteroatoms. The van der Waals surface area contributed by atoms with Gasteiger partial charge in [0.05, 0.1) is 6.54 Å². The third-order valence-electron chi connectivity index (χ3n) is 3.87. The van der Waals surface area contributed by atoms with Crippen LogP contribution in [0.15, 0.2) is 24.4 Å². The molecule has 1 heterocycles. The molecule has 1 aliphatic carbocycles. The van der Waals surface area contributed by atoms with E-state index in [1.54, 1.807) is 24.4 Å². The van der Waals surface area contributed by atoms with Gasteiger partial charge in [0.15, 0.2) is 0 Å².